The molecule has 72 heavy (non-hydrogen) atoms. The van der Waals surface area contributed by atoms with Gasteiger partial charge in [0.05, 0.1) is 104 Å². The Morgan fingerprint density at radius 1 is 0.819 bits per heavy atom. The van der Waals surface area contributed by atoms with Crippen molar-refractivity contribution in [3.63, 3.8) is 0 Å². The van der Waals surface area contributed by atoms with Crippen LogP contribution in [0.4, 0.5) is 5.69 Å². The molecule has 1 unspecified atom stereocenters. The summed E-state index contributed by atoms with van der Waals surface area (Å²) in [7, 11) is 3.42. The molecule has 0 saturated carbocycles. The molecule has 5 aliphatic heterocycles. The van der Waals surface area contributed by atoms with Gasteiger partial charge in [-0.05, 0) is 49.2 Å². The van der Waals surface area contributed by atoms with Crippen LogP contribution in [0.1, 0.15) is 69.2 Å². The van der Waals surface area contributed by atoms with Crippen molar-refractivity contribution in [2.24, 2.45) is 5.73 Å². The number of ether oxygens (including phenoxy) is 6. The highest BCUT2D eigenvalue weighted by Crippen LogP contribution is 2.55. The maximum atomic E-state index is 14.1. The molecule has 4 aromatic carbocycles. The van der Waals surface area contributed by atoms with Crippen LogP contribution in [0.15, 0.2) is 66.7 Å². The molecule has 2 aromatic heterocycles. The lowest BCUT2D eigenvalue weighted by Gasteiger charge is -2.54. The summed E-state index contributed by atoms with van der Waals surface area (Å²) >= 11 is 0. The van der Waals surface area contributed by atoms with Crippen LogP contribution in [0.25, 0.3) is 43.6 Å². The number of para-hydroxylation sites is 2. The Labute approximate surface area is 412 Å². The zero-order valence-electron chi connectivity index (χ0n) is 40.2. The first-order valence-corrected chi connectivity index (χ1v) is 24.3. The van der Waals surface area contributed by atoms with Crippen LogP contribution in [0.2, 0.25) is 0 Å². The van der Waals surface area contributed by atoms with Crippen molar-refractivity contribution in [2.45, 2.75) is 68.9 Å². The lowest BCUT2D eigenvalue weighted by atomic mass is 9.89. The lowest BCUT2D eigenvalue weighted by molar-refractivity contribution is -0.311. The van der Waals surface area contributed by atoms with E-state index in [2.05, 4.69) is 32.7 Å². The van der Waals surface area contributed by atoms with E-state index >= 15 is 0 Å². The number of nitrogens with one attached hydrogen (secondary N) is 3. The second kappa shape index (κ2) is 18.7. The third-order valence-corrected chi connectivity index (χ3v) is 14.8. The number of rotatable bonds is 19. The second-order valence-electron chi connectivity index (χ2n) is 19.0. The summed E-state index contributed by atoms with van der Waals surface area (Å²) in [6.45, 7) is 5.37. The van der Waals surface area contributed by atoms with Gasteiger partial charge in [-0.15, -0.1) is 0 Å². The molecule has 7 heterocycles. The number of methoxy groups -OCH3 is 1. The fourth-order valence-electron chi connectivity index (χ4n) is 11.7. The van der Waals surface area contributed by atoms with Crippen LogP contribution >= 0.6 is 0 Å². The Kier molecular flexibility index (Phi) is 12.3. The molecular weight excluding hydrogens is 929 g/mol. The number of hydrogen-bond acceptors (Lipinski definition) is 14. The Bertz CT molecular complexity index is 3240. The van der Waals surface area contributed by atoms with Crippen molar-refractivity contribution in [1.29, 1.82) is 0 Å². The van der Waals surface area contributed by atoms with E-state index in [4.69, 9.17) is 34.2 Å². The van der Waals surface area contributed by atoms with Crippen LogP contribution in [0.5, 0.6) is 0 Å². The summed E-state index contributed by atoms with van der Waals surface area (Å²) in [5.74, 6) is -3.92. The number of nitrogens with two attached hydrogens (primary N) is 1. The van der Waals surface area contributed by atoms with Crippen molar-refractivity contribution < 1.29 is 57.2 Å². The summed E-state index contributed by atoms with van der Waals surface area (Å²) in [6, 6.07) is 19.4. The molecule has 20 nitrogen and oxygen atoms in total. The highest BCUT2D eigenvalue weighted by atomic mass is 16.6. The van der Waals surface area contributed by atoms with Crippen molar-refractivity contribution >= 4 is 84.7 Å². The maximum Gasteiger partial charge on any atom is 0.262 e. The number of carbonyl (C=O) groups excluding carboxylic acids is 6. The van der Waals surface area contributed by atoms with E-state index in [0.29, 0.717) is 64.0 Å². The van der Waals surface area contributed by atoms with E-state index in [1.54, 1.807) is 37.3 Å². The first kappa shape index (κ1) is 47.5. The number of carbonyl (C=O) groups is 6. The fraction of sp³-hybridized carbons (Fsp3) is 0.423. The second-order valence-corrected chi connectivity index (χ2v) is 19.0. The summed E-state index contributed by atoms with van der Waals surface area (Å²) in [4.78, 5) is 80.4. The van der Waals surface area contributed by atoms with E-state index < -0.39 is 53.4 Å². The molecular formula is C52H56N8O12. The molecule has 6 amide bonds. The van der Waals surface area contributed by atoms with Crippen molar-refractivity contribution in [3.8, 4) is 0 Å². The van der Waals surface area contributed by atoms with Gasteiger partial charge in [-0.2, -0.15) is 0 Å². The van der Waals surface area contributed by atoms with Crippen LogP contribution in [0.3, 0.4) is 0 Å². The van der Waals surface area contributed by atoms with Crippen LogP contribution in [-0.2, 0) is 60.9 Å². The Balaban J connectivity index is 0.640. The van der Waals surface area contributed by atoms with Crippen molar-refractivity contribution in [1.82, 2.24) is 29.6 Å². The quantitative estimate of drug-likeness (QED) is 0.0671. The molecule has 5 N–H and O–H groups in total. The highest BCUT2D eigenvalue weighted by Gasteiger charge is 2.59. The average molecular weight is 985 g/mol. The average Bonchev–Trinajstić information content (AvgIpc) is 4.09. The SMILES string of the molecule is CO[C@@H]1[C@H](N(C)C(=O)CCOCCOCCOCCOCCNc2ccc3c(c2)C(=O)N(C2CCC(=O)NC2=O)C3=O)C[C@@]2(N)O[C@]1(C)n1c3ccccc3c3c4c(c5c6ccccc6n2c5c31)C(=O)NC4. The van der Waals surface area contributed by atoms with Gasteiger partial charge in [0.25, 0.3) is 17.7 Å². The minimum Gasteiger partial charge on any atom is -0.383 e. The zero-order valence-corrected chi connectivity index (χ0v) is 40.2. The molecule has 2 saturated heterocycles. The minimum atomic E-state index is -1.46. The zero-order chi connectivity index (χ0) is 50.1. The summed E-state index contributed by atoms with van der Waals surface area (Å²) in [5.41, 5.74) is 12.4. The number of piperidine rings is 1. The van der Waals surface area contributed by atoms with Crippen molar-refractivity contribution in [2.75, 3.05) is 78.9 Å². The number of amides is 6. The van der Waals surface area contributed by atoms with E-state index in [-0.39, 0.29) is 61.8 Å². The number of imide groups is 2. The third kappa shape index (κ3) is 7.62. The normalized spacial score (nSPS) is 23.4. The number of fused-ring (bicyclic) bond motifs is 14. The van der Waals surface area contributed by atoms with Gasteiger partial charge >= 0.3 is 0 Å². The van der Waals surface area contributed by atoms with E-state index in [9.17, 15) is 28.8 Å². The van der Waals surface area contributed by atoms with Crippen LogP contribution in [-0.4, -0.2) is 146 Å². The molecule has 11 rings (SSSR count). The molecule has 6 aromatic rings. The Morgan fingerprint density at radius 3 is 2.14 bits per heavy atom. The first-order valence-electron chi connectivity index (χ1n) is 24.3. The summed E-state index contributed by atoms with van der Waals surface area (Å²) < 4.78 is 40.7. The number of nitrogens with zero attached hydrogens (tertiary/aromatic N) is 4. The standard InChI is InChI=1S/C52H56N8O12/c1-51-46(67-3)38(27-52(53,72-51)60-36-11-7-5-9-32(36)42-43-34(28-55-48(43)64)41-31-8-4-6-10-35(31)59(51)44(41)45(42)60)57(2)40(62)16-18-68-20-22-70-24-25-71-23-21-69-19-17-54-29-12-13-30-33(26-29)50(66)58(49(30)65)37-14-15-39(61)56-47(37)63/h4-13,26,37-38,46,54H,14-25,27-28,53H2,1-3H3,(H,55,64)(H,56,61,63)/t37?,38-,46-,51+,52+/m1/s1. The lowest BCUT2D eigenvalue weighted by Crippen LogP contribution is -2.68. The van der Waals surface area contributed by atoms with E-state index in [1.165, 1.54) is 0 Å². The Hall–Kier alpha value is -6.78. The van der Waals surface area contributed by atoms with Gasteiger partial charge in [-0.1, -0.05) is 36.4 Å². The van der Waals surface area contributed by atoms with Crippen molar-refractivity contribution in [3.05, 3.63) is 89.0 Å². The smallest absolute Gasteiger partial charge is 0.262 e. The van der Waals surface area contributed by atoms with Gasteiger partial charge in [0.15, 0.2) is 5.72 Å². The molecule has 0 spiro atoms. The summed E-state index contributed by atoms with van der Waals surface area (Å²) in [5, 5.41) is 12.1. The third-order valence-electron chi connectivity index (χ3n) is 14.8. The van der Waals surface area contributed by atoms with Gasteiger partial charge in [-0.25, -0.2) is 0 Å². The van der Waals surface area contributed by atoms with E-state index in [0.717, 1.165) is 54.1 Å². The molecule has 5 atom stereocenters. The molecule has 0 aliphatic carbocycles. The fourth-order valence-corrected chi connectivity index (χ4v) is 11.7. The van der Waals surface area contributed by atoms with Gasteiger partial charge in [-0.3, -0.25) is 49.3 Å². The first-order chi connectivity index (χ1) is 34.9. The van der Waals surface area contributed by atoms with Gasteiger partial charge in [0, 0.05) is 67.3 Å². The number of hydrogen-bond donors (Lipinski definition) is 4. The number of likely N-dealkylation sites (N-methyl/N-ethyl adjacent to an activating group) is 1. The molecule has 5 aliphatic rings. The molecule has 0 radical (unpaired) electrons. The monoisotopic (exact) mass is 984 g/mol. The largest absolute Gasteiger partial charge is 0.383 e. The molecule has 2 fully saturated rings. The molecule has 376 valence electrons. The van der Waals surface area contributed by atoms with Crippen LogP contribution in [0, 0.1) is 0 Å². The predicted molar refractivity (Wildman–Crippen MR) is 262 cm³/mol. The van der Waals surface area contributed by atoms with Gasteiger partial charge < -0.3 is 48.5 Å². The predicted octanol–water partition coefficient (Wildman–Crippen LogP) is 3.63. The van der Waals surface area contributed by atoms with Gasteiger partial charge in [0.2, 0.25) is 23.6 Å². The molecule has 20 heteroatoms. The van der Waals surface area contributed by atoms with E-state index in [1.807, 2.05) is 47.9 Å². The minimum absolute atomic E-state index is 0.0569. The Morgan fingerprint density at radius 2 is 1.44 bits per heavy atom. The number of aromatic nitrogens is 2. The molecule has 2 bridgehead atoms. The highest BCUT2D eigenvalue weighted by molar-refractivity contribution is 6.31. The number of benzene rings is 4. The summed E-state index contributed by atoms with van der Waals surface area (Å²) in [6.07, 6.45) is -0.187. The van der Waals surface area contributed by atoms with Gasteiger partial charge in [0.1, 0.15) is 12.1 Å². The topological polar surface area (TPSA) is 236 Å². The van der Waals surface area contributed by atoms with Crippen LogP contribution < -0.4 is 21.7 Å². The maximum absolute atomic E-state index is 14.1. The number of anilines is 1.